The van der Waals surface area contributed by atoms with Gasteiger partial charge in [-0.1, -0.05) is 60.1 Å². The maximum absolute atomic E-state index is 6.25. The zero-order valence-corrected chi connectivity index (χ0v) is 19.0. The van der Waals surface area contributed by atoms with E-state index >= 15 is 0 Å². The molecule has 0 aliphatic rings. The van der Waals surface area contributed by atoms with Crippen LogP contribution in [-0.2, 0) is 13.2 Å². The molecule has 3 rings (SSSR count). The van der Waals surface area contributed by atoms with E-state index in [1.807, 2.05) is 43.3 Å². The summed E-state index contributed by atoms with van der Waals surface area (Å²) in [6.45, 7) is 5.79. The van der Waals surface area contributed by atoms with Crippen LogP contribution in [0.2, 0.25) is 5.02 Å². The van der Waals surface area contributed by atoms with Crippen molar-refractivity contribution in [3.63, 3.8) is 0 Å². The molecule has 0 aromatic heterocycles. The Balaban J connectivity index is 1.72. The Bertz CT molecular complexity index is 933. The minimum atomic E-state index is 0.252. The van der Waals surface area contributed by atoms with Gasteiger partial charge < -0.3 is 14.8 Å². The Hall–Kier alpha value is -2.01. The van der Waals surface area contributed by atoms with Crippen LogP contribution >= 0.6 is 27.5 Å². The van der Waals surface area contributed by atoms with Crippen LogP contribution in [0.15, 0.2) is 71.2 Å². The summed E-state index contributed by atoms with van der Waals surface area (Å²) in [7, 11) is 0. The Kier molecular flexibility index (Phi) is 7.99. The van der Waals surface area contributed by atoms with Crippen LogP contribution in [0.1, 0.15) is 36.6 Å². The van der Waals surface area contributed by atoms with Crippen molar-refractivity contribution in [2.24, 2.45) is 0 Å². The molecule has 3 aromatic carbocycles. The number of hydrogen-bond donors (Lipinski definition) is 1. The van der Waals surface area contributed by atoms with Crippen molar-refractivity contribution in [1.29, 1.82) is 0 Å². The van der Waals surface area contributed by atoms with Crippen LogP contribution < -0.4 is 14.8 Å². The van der Waals surface area contributed by atoms with Crippen molar-refractivity contribution < 1.29 is 9.47 Å². The molecule has 0 spiro atoms. The molecule has 29 heavy (non-hydrogen) atoms. The predicted molar refractivity (Wildman–Crippen MR) is 123 cm³/mol. The van der Waals surface area contributed by atoms with Crippen LogP contribution in [0.3, 0.4) is 0 Å². The molecule has 0 bridgehead atoms. The number of hydrogen-bond acceptors (Lipinski definition) is 3. The first kappa shape index (κ1) is 21.7. The summed E-state index contributed by atoms with van der Waals surface area (Å²) in [5, 5.41) is 4.25. The standard InChI is InChI=1S/C24H25BrClNO2/c1-3-28-23-14-18(15-27-17(2)19-9-5-4-6-10-19)13-21(25)24(23)29-16-20-11-7-8-12-22(20)26/h4-14,17,27H,3,15-16H2,1-2H3. The highest BCUT2D eigenvalue weighted by Crippen LogP contribution is 2.38. The van der Waals surface area contributed by atoms with E-state index in [9.17, 15) is 0 Å². The van der Waals surface area contributed by atoms with Crippen LogP contribution in [0, 0.1) is 0 Å². The van der Waals surface area contributed by atoms with E-state index in [1.54, 1.807) is 0 Å². The Morgan fingerprint density at radius 1 is 1.00 bits per heavy atom. The third-order valence-corrected chi connectivity index (χ3v) is 5.57. The summed E-state index contributed by atoms with van der Waals surface area (Å²) < 4.78 is 12.8. The fourth-order valence-electron chi connectivity index (χ4n) is 3.02. The molecule has 3 aromatic rings. The van der Waals surface area contributed by atoms with Crippen LogP contribution in [0.25, 0.3) is 0 Å². The number of nitrogens with one attached hydrogen (secondary N) is 1. The molecule has 5 heteroatoms. The van der Waals surface area contributed by atoms with Crippen molar-refractivity contribution in [3.05, 3.63) is 92.9 Å². The fraction of sp³-hybridized carbons (Fsp3) is 0.250. The van der Waals surface area contributed by atoms with Gasteiger partial charge in [-0.05, 0) is 59.1 Å². The summed E-state index contributed by atoms with van der Waals surface area (Å²) >= 11 is 9.89. The van der Waals surface area contributed by atoms with Gasteiger partial charge >= 0.3 is 0 Å². The van der Waals surface area contributed by atoms with Crippen molar-refractivity contribution >= 4 is 27.5 Å². The molecule has 0 amide bonds. The number of rotatable bonds is 9. The zero-order valence-electron chi connectivity index (χ0n) is 16.6. The molecule has 0 radical (unpaired) electrons. The Morgan fingerprint density at radius 3 is 2.45 bits per heavy atom. The first-order valence-corrected chi connectivity index (χ1v) is 10.8. The van der Waals surface area contributed by atoms with Gasteiger partial charge in [0.25, 0.3) is 0 Å². The smallest absolute Gasteiger partial charge is 0.175 e. The molecule has 0 aliphatic heterocycles. The van der Waals surface area contributed by atoms with E-state index in [4.69, 9.17) is 21.1 Å². The molecule has 0 saturated carbocycles. The third-order valence-electron chi connectivity index (χ3n) is 4.61. The van der Waals surface area contributed by atoms with E-state index in [0.717, 1.165) is 27.9 Å². The van der Waals surface area contributed by atoms with Crippen LogP contribution in [0.4, 0.5) is 0 Å². The molecular weight excluding hydrogens is 450 g/mol. The fourth-order valence-corrected chi connectivity index (χ4v) is 3.82. The highest BCUT2D eigenvalue weighted by Gasteiger charge is 2.14. The molecule has 0 saturated heterocycles. The summed E-state index contributed by atoms with van der Waals surface area (Å²) in [6.07, 6.45) is 0. The van der Waals surface area contributed by atoms with Gasteiger partial charge in [0, 0.05) is 23.2 Å². The number of benzene rings is 3. The lowest BCUT2D eigenvalue weighted by Crippen LogP contribution is -2.18. The van der Waals surface area contributed by atoms with Crippen LogP contribution in [0.5, 0.6) is 11.5 Å². The number of halogens is 2. The minimum absolute atomic E-state index is 0.252. The lowest BCUT2D eigenvalue weighted by Gasteiger charge is -2.18. The quantitative estimate of drug-likeness (QED) is 0.365. The molecular formula is C24H25BrClNO2. The van der Waals surface area contributed by atoms with E-state index in [1.165, 1.54) is 5.56 Å². The van der Waals surface area contributed by atoms with Gasteiger partial charge in [0.05, 0.1) is 11.1 Å². The normalized spacial score (nSPS) is 11.9. The minimum Gasteiger partial charge on any atom is -0.490 e. The Labute approximate surface area is 186 Å². The molecule has 1 N–H and O–H groups in total. The number of ether oxygens (including phenoxy) is 2. The lowest BCUT2D eigenvalue weighted by molar-refractivity contribution is 0.267. The summed E-state index contributed by atoms with van der Waals surface area (Å²) in [6, 6.07) is 22.4. The van der Waals surface area contributed by atoms with E-state index in [-0.39, 0.29) is 6.04 Å². The zero-order chi connectivity index (χ0) is 20.6. The molecule has 152 valence electrons. The van der Waals surface area contributed by atoms with Crippen molar-refractivity contribution in [2.45, 2.75) is 33.0 Å². The van der Waals surface area contributed by atoms with Crippen LogP contribution in [-0.4, -0.2) is 6.61 Å². The van der Waals surface area contributed by atoms with Gasteiger partial charge in [-0.25, -0.2) is 0 Å². The second kappa shape index (κ2) is 10.7. The average Bonchev–Trinajstić information content (AvgIpc) is 2.73. The Morgan fingerprint density at radius 2 is 1.72 bits per heavy atom. The molecule has 1 atom stereocenters. The third kappa shape index (κ3) is 5.99. The predicted octanol–water partition coefficient (Wildman–Crippen LogP) is 6.93. The van der Waals surface area contributed by atoms with E-state index in [2.05, 4.69) is 58.5 Å². The van der Waals surface area contributed by atoms with Crippen molar-refractivity contribution in [1.82, 2.24) is 5.32 Å². The van der Waals surface area contributed by atoms with Gasteiger partial charge in [0.2, 0.25) is 0 Å². The van der Waals surface area contributed by atoms with Gasteiger partial charge in [0.1, 0.15) is 6.61 Å². The molecule has 0 aliphatic carbocycles. The maximum Gasteiger partial charge on any atom is 0.175 e. The molecule has 0 fully saturated rings. The van der Waals surface area contributed by atoms with Gasteiger partial charge in [0.15, 0.2) is 11.5 Å². The molecule has 0 heterocycles. The molecule has 1 unspecified atom stereocenters. The molecule has 3 nitrogen and oxygen atoms in total. The first-order valence-electron chi connectivity index (χ1n) is 9.68. The van der Waals surface area contributed by atoms with Crippen molar-refractivity contribution in [3.8, 4) is 11.5 Å². The summed E-state index contributed by atoms with van der Waals surface area (Å²) in [4.78, 5) is 0. The van der Waals surface area contributed by atoms with Gasteiger partial charge in [-0.15, -0.1) is 0 Å². The van der Waals surface area contributed by atoms with Crippen molar-refractivity contribution in [2.75, 3.05) is 6.61 Å². The average molecular weight is 475 g/mol. The van der Waals surface area contributed by atoms with Gasteiger partial charge in [-0.3, -0.25) is 0 Å². The highest BCUT2D eigenvalue weighted by atomic mass is 79.9. The largest absolute Gasteiger partial charge is 0.490 e. The SMILES string of the molecule is CCOc1cc(CNC(C)c2ccccc2)cc(Br)c1OCc1ccccc1Cl. The van der Waals surface area contributed by atoms with E-state index in [0.29, 0.717) is 24.0 Å². The van der Waals surface area contributed by atoms with Gasteiger partial charge in [-0.2, -0.15) is 0 Å². The van der Waals surface area contributed by atoms with E-state index < -0.39 is 0 Å². The maximum atomic E-state index is 6.25. The monoisotopic (exact) mass is 473 g/mol. The topological polar surface area (TPSA) is 30.5 Å². The highest BCUT2D eigenvalue weighted by molar-refractivity contribution is 9.10. The summed E-state index contributed by atoms with van der Waals surface area (Å²) in [5.74, 6) is 1.41. The first-order chi connectivity index (χ1) is 14.1. The summed E-state index contributed by atoms with van der Waals surface area (Å²) in [5.41, 5.74) is 3.32. The second-order valence-corrected chi connectivity index (χ2v) is 7.99. The second-order valence-electron chi connectivity index (χ2n) is 6.73. The lowest BCUT2D eigenvalue weighted by atomic mass is 10.1.